The van der Waals surface area contributed by atoms with Gasteiger partial charge in [0.1, 0.15) is 5.82 Å². The number of aldehydes is 1. The summed E-state index contributed by atoms with van der Waals surface area (Å²) in [6, 6.07) is 6.27. The fourth-order valence-electron chi connectivity index (χ4n) is 1.54. The van der Waals surface area contributed by atoms with Gasteiger partial charge in [0.05, 0.1) is 5.76 Å². The average Bonchev–Trinajstić information content (AvgIpc) is 2.69. The molecule has 3 heteroatoms. The van der Waals surface area contributed by atoms with Crippen molar-refractivity contribution in [1.82, 2.24) is 0 Å². The van der Waals surface area contributed by atoms with E-state index in [9.17, 15) is 9.18 Å². The summed E-state index contributed by atoms with van der Waals surface area (Å²) in [6.07, 6.45) is 3.63. The molecule has 78 valence electrons. The highest BCUT2D eigenvalue weighted by Gasteiger charge is 2.16. The molecule has 1 atom stereocenters. The first kappa shape index (κ1) is 9.90. The van der Waals surface area contributed by atoms with Crippen LogP contribution in [0.3, 0.4) is 0 Å². The molecular formula is C12H11FO2. The third-order valence-corrected chi connectivity index (χ3v) is 2.32. The van der Waals surface area contributed by atoms with Crippen LogP contribution in [-0.2, 0) is 16.0 Å². The van der Waals surface area contributed by atoms with E-state index in [1.54, 1.807) is 12.1 Å². The molecule has 2 rings (SSSR count). The molecule has 0 amide bonds. The van der Waals surface area contributed by atoms with E-state index in [0.717, 1.165) is 17.6 Å². The van der Waals surface area contributed by atoms with Crippen molar-refractivity contribution in [3.63, 3.8) is 0 Å². The normalized spacial score (nSPS) is 19.5. The van der Waals surface area contributed by atoms with E-state index < -0.39 is 0 Å². The first-order valence-corrected chi connectivity index (χ1v) is 4.83. The zero-order valence-electron chi connectivity index (χ0n) is 8.15. The molecule has 1 unspecified atom stereocenters. The molecule has 2 nitrogen and oxygen atoms in total. The summed E-state index contributed by atoms with van der Waals surface area (Å²) < 4.78 is 18.0. The third-order valence-electron chi connectivity index (χ3n) is 2.32. The topological polar surface area (TPSA) is 26.3 Å². The Labute approximate surface area is 87.4 Å². The van der Waals surface area contributed by atoms with E-state index >= 15 is 0 Å². The van der Waals surface area contributed by atoms with Crippen molar-refractivity contribution < 1.29 is 13.9 Å². The molecule has 0 spiro atoms. The van der Waals surface area contributed by atoms with Crippen LogP contribution in [-0.4, -0.2) is 12.4 Å². The van der Waals surface area contributed by atoms with E-state index in [2.05, 4.69) is 0 Å². The van der Waals surface area contributed by atoms with Crippen LogP contribution in [0.4, 0.5) is 4.39 Å². The minimum absolute atomic E-state index is 0.245. The molecule has 0 bridgehead atoms. The fraction of sp³-hybridized carbons (Fsp3) is 0.250. The molecule has 0 saturated heterocycles. The van der Waals surface area contributed by atoms with Crippen molar-refractivity contribution in [2.75, 3.05) is 0 Å². The number of carbonyl (C=O) groups is 1. The van der Waals surface area contributed by atoms with Crippen LogP contribution >= 0.6 is 0 Å². The monoisotopic (exact) mass is 206 g/mol. The molecule has 0 N–H and O–H groups in total. The average molecular weight is 206 g/mol. The second-order valence-electron chi connectivity index (χ2n) is 3.50. The van der Waals surface area contributed by atoms with Crippen LogP contribution in [0.5, 0.6) is 0 Å². The third kappa shape index (κ3) is 2.43. The Morgan fingerprint density at radius 1 is 1.40 bits per heavy atom. The Balaban J connectivity index is 1.98. The van der Waals surface area contributed by atoms with Gasteiger partial charge in [-0.2, -0.15) is 0 Å². The quantitative estimate of drug-likeness (QED) is 0.709. The zero-order valence-corrected chi connectivity index (χ0v) is 8.15. The maximum absolute atomic E-state index is 12.6. The largest absolute Gasteiger partial charge is 0.487 e. The van der Waals surface area contributed by atoms with Crippen molar-refractivity contribution in [2.45, 2.75) is 18.9 Å². The van der Waals surface area contributed by atoms with E-state index in [1.807, 2.05) is 6.08 Å². The molecule has 0 radical (unpaired) electrons. The van der Waals surface area contributed by atoms with Crippen molar-refractivity contribution >= 4 is 6.29 Å². The SMILES string of the molecule is O=CC1CC=C(Cc2ccc(F)cc2)O1. The van der Waals surface area contributed by atoms with Gasteiger partial charge in [-0.15, -0.1) is 0 Å². The van der Waals surface area contributed by atoms with E-state index in [4.69, 9.17) is 4.74 Å². The molecule has 0 aromatic heterocycles. The van der Waals surface area contributed by atoms with Crippen LogP contribution in [0.15, 0.2) is 36.1 Å². The van der Waals surface area contributed by atoms with Gasteiger partial charge in [-0.3, -0.25) is 4.79 Å². The minimum atomic E-state index is -0.333. The van der Waals surface area contributed by atoms with Crippen LogP contribution in [0.2, 0.25) is 0 Å². The zero-order chi connectivity index (χ0) is 10.7. The lowest BCUT2D eigenvalue weighted by atomic mass is 10.1. The smallest absolute Gasteiger partial charge is 0.160 e. The summed E-state index contributed by atoms with van der Waals surface area (Å²) in [4.78, 5) is 10.4. The summed E-state index contributed by atoms with van der Waals surface area (Å²) in [5, 5.41) is 0. The van der Waals surface area contributed by atoms with Gasteiger partial charge in [0.15, 0.2) is 12.4 Å². The van der Waals surface area contributed by atoms with Crippen molar-refractivity contribution in [3.05, 3.63) is 47.5 Å². The Morgan fingerprint density at radius 2 is 2.13 bits per heavy atom. The summed E-state index contributed by atoms with van der Waals surface area (Å²) in [7, 11) is 0. The molecule has 1 aromatic carbocycles. The number of rotatable bonds is 3. The molecule has 1 aromatic rings. The number of benzene rings is 1. The van der Waals surface area contributed by atoms with Crippen LogP contribution in [0.1, 0.15) is 12.0 Å². The van der Waals surface area contributed by atoms with Gasteiger partial charge in [-0.25, -0.2) is 4.39 Å². The van der Waals surface area contributed by atoms with Crippen LogP contribution < -0.4 is 0 Å². The molecule has 1 heterocycles. The lowest BCUT2D eigenvalue weighted by Crippen LogP contribution is -2.07. The van der Waals surface area contributed by atoms with E-state index in [1.165, 1.54) is 12.1 Å². The maximum Gasteiger partial charge on any atom is 0.160 e. The predicted octanol–water partition coefficient (Wildman–Crippen LogP) is 2.24. The second-order valence-corrected chi connectivity index (χ2v) is 3.50. The molecule has 1 aliphatic heterocycles. The Bertz CT molecular complexity index is 381. The van der Waals surface area contributed by atoms with Gasteiger partial charge in [0.25, 0.3) is 0 Å². The van der Waals surface area contributed by atoms with E-state index in [0.29, 0.717) is 12.8 Å². The molecule has 0 aliphatic carbocycles. The van der Waals surface area contributed by atoms with Gasteiger partial charge in [0.2, 0.25) is 0 Å². The number of halogens is 1. The van der Waals surface area contributed by atoms with Crippen LogP contribution in [0.25, 0.3) is 0 Å². The highest BCUT2D eigenvalue weighted by molar-refractivity contribution is 5.57. The van der Waals surface area contributed by atoms with Gasteiger partial charge in [-0.05, 0) is 23.8 Å². The highest BCUT2D eigenvalue weighted by Crippen LogP contribution is 2.19. The maximum atomic E-state index is 12.6. The van der Waals surface area contributed by atoms with Crippen molar-refractivity contribution in [1.29, 1.82) is 0 Å². The lowest BCUT2D eigenvalue weighted by Gasteiger charge is -2.07. The second kappa shape index (κ2) is 4.26. The highest BCUT2D eigenvalue weighted by atomic mass is 19.1. The number of hydrogen-bond donors (Lipinski definition) is 0. The summed E-state index contributed by atoms with van der Waals surface area (Å²) in [6.45, 7) is 0. The number of carbonyl (C=O) groups excluding carboxylic acids is 1. The number of ether oxygens (including phenoxy) is 1. The first-order chi connectivity index (χ1) is 7.28. The molecule has 15 heavy (non-hydrogen) atoms. The Kier molecular flexibility index (Phi) is 2.81. The first-order valence-electron chi connectivity index (χ1n) is 4.83. The molecule has 1 aliphatic rings. The van der Waals surface area contributed by atoms with Gasteiger partial charge in [0, 0.05) is 12.8 Å². The molecule has 0 saturated carbocycles. The van der Waals surface area contributed by atoms with E-state index in [-0.39, 0.29) is 11.9 Å². The Morgan fingerprint density at radius 3 is 2.73 bits per heavy atom. The minimum Gasteiger partial charge on any atom is -0.487 e. The van der Waals surface area contributed by atoms with Crippen molar-refractivity contribution in [2.24, 2.45) is 0 Å². The van der Waals surface area contributed by atoms with Gasteiger partial charge >= 0.3 is 0 Å². The van der Waals surface area contributed by atoms with Crippen LogP contribution in [0, 0.1) is 5.82 Å². The standard InChI is InChI=1S/C12H11FO2/c13-10-3-1-9(2-4-10)7-11-5-6-12(8-14)15-11/h1-5,8,12H,6-7H2. The summed E-state index contributed by atoms with van der Waals surface area (Å²) >= 11 is 0. The van der Waals surface area contributed by atoms with Gasteiger partial charge < -0.3 is 4.74 Å². The van der Waals surface area contributed by atoms with Gasteiger partial charge in [-0.1, -0.05) is 12.1 Å². The lowest BCUT2D eigenvalue weighted by molar-refractivity contribution is -0.114. The fourth-order valence-corrected chi connectivity index (χ4v) is 1.54. The summed E-state index contributed by atoms with van der Waals surface area (Å²) in [5.41, 5.74) is 0.981. The molecular weight excluding hydrogens is 195 g/mol. The Hall–Kier alpha value is -1.64. The molecule has 0 fully saturated rings. The predicted molar refractivity (Wildman–Crippen MR) is 53.7 cm³/mol. The summed E-state index contributed by atoms with van der Waals surface area (Å²) in [5.74, 6) is 0.546. The van der Waals surface area contributed by atoms with Crippen molar-refractivity contribution in [3.8, 4) is 0 Å². The number of allylic oxidation sites excluding steroid dienone is 1. The number of hydrogen-bond acceptors (Lipinski definition) is 2.